The van der Waals surface area contributed by atoms with Crippen LogP contribution in [0.15, 0.2) is 53.4 Å². The van der Waals surface area contributed by atoms with E-state index in [1.807, 2.05) is 0 Å². The second-order valence-corrected chi connectivity index (χ2v) is 9.01. The number of carbonyl (C=O) groups excluding carboxylic acids is 4. The molecule has 32 heavy (non-hydrogen) atoms. The van der Waals surface area contributed by atoms with Crippen LogP contribution in [0.4, 0.5) is 0 Å². The Morgan fingerprint density at radius 2 is 1.72 bits per heavy atom. The molecule has 1 aliphatic rings. The van der Waals surface area contributed by atoms with E-state index in [1.54, 1.807) is 24.3 Å². The molecule has 0 saturated carbocycles. The molecular weight excluding hydrogens is 436 g/mol. The second-order valence-electron chi connectivity index (χ2n) is 7.18. The largest absolute Gasteiger partial charge is 0.456 e. The molecule has 0 aromatic heterocycles. The first kappa shape index (κ1) is 23.1. The number of amides is 2. The lowest BCUT2D eigenvalue weighted by Gasteiger charge is -2.14. The van der Waals surface area contributed by atoms with Gasteiger partial charge >= 0.3 is 5.97 Å². The molecule has 1 N–H and O–H groups in total. The highest BCUT2D eigenvalue weighted by Crippen LogP contribution is 2.29. The number of hydrogen-bond acceptors (Lipinski definition) is 7. The third kappa shape index (κ3) is 5.20. The molecule has 0 fully saturated rings. The summed E-state index contributed by atoms with van der Waals surface area (Å²) in [6.07, 6.45) is 1.48. The molecule has 2 aromatic carbocycles. The number of rotatable bonds is 9. The molecule has 0 saturated heterocycles. The minimum absolute atomic E-state index is 0.00598. The molecule has 2 amide bonds. The molecule has 0 radical (unpaired) electrons. The predicted octanol–water partition coefficient (Wildman–Crippen LogP) is 1.33. The summed E-state index contributed by atoms with van der Waals surface area (Å²) in [5.74, 6) is -2.35. The predicted molar refractivity (Wildman–Crippen MR) is 113 cm³/mol. The fraction of sp³-hybridized carbons (Fsp3) is 0.273. The standard InChI is InChI=1S/C22H22N2O7S/c1-15(25)23-12-4-5-16-8-10-17(11-9-16)19(26)14-31-21(27)13-24-22(28)18-6-2-3-7-20(18)32(24,29)30/h2-3,6-11H,4-5,12-14H2,1H3,(H,23,25). The Labute approximate surface area is 185 Å². The number of nitrogens with one attached hydrogen (secondary N) is 1. The average molecular weight is 458 g/mol. The molecule has 1 aliphatic heterocycles. The first-order valence-corrected chi connectivity index (χ1v) is 11.3. The minimum atomic E-state index is -4.13. The summed E-state index contributed by atoms with van der Waals surface area (Å²) in [6.45, 7) is 0.631. The summed E-state index contributed by atoms with van der Waals surface area (Å²) in [5.41, 5.74) is 1.32. The van der Waals surface area contributed by atoms with Gasteiger partial charge in [0, 0.05) is 19.0 Å². The van der Waals surface area contributed by atoms with Crippen LogP contribution in [-0.2, 0) is 30.8 Å². The summed E-state index contributed by atoms with van der Waals surface area (Å²) in [7, 11) is -4.13. The van der Waals surface area contributed by atoms with Gasteiger partial charge in [0.2, 0.25) is 5.91 Å². The number of Topliss-reactive ketones (excluding diaryl/α,β-unsaturated/α-hetero) is 1. The Bertz CT molecular complexity index is 1160. The van der Waals surface area contributed by atoms with Gasteiger partial charge in [-0.05, 0) is 30.5 Å². The van der Waals surface area contributed by atoms with Gasteiger partial charge in [-0.25, -0.2) is 12.7 Å². The van der Waals surface area contributed by atoms with Gasteiger partial charge in [-0.2, -0.15) is 0 Å². The normalized spacial score (nSPS) is 14.0. The van der Waals surface area contributed by atoms with Crippen LogP contribution in [0.5, 0.6) is 0 Å². The number of hydrogen-bond donors (Lipinski definition) is 1. The quantitative estimate of drug-likeness (QED) is 0.341. The summed E-state index contributed by atoms with van der Waals surface area (Å²) in [4.78, 5) is 47.4. The van der Waals surface area contributed by atoms with E-state index >= 15 is 0 Å². The van der Waals surface area contributed by atoms with Gasteiger partial charge < -0.3 is 10.1 Å². The molecule has 10 heteroatoms. The minimum Gasteiger partial charge on any atom is -0.456 e. The van der Waals surface area contributed by atoms with Crippen LogP contribution in [0, 0.1) is 0 Å². The zero-order valence-corrected chi connectivity index (χ0v) is 18.2. The van der Waals surface area contributed by atoms with E-state index < -0.39 is 40.8 Å². The molecular formula is C22H22N2O7S. The van der Waals surface area contributed by atoms with Crippen molar-refractivity contribution in [1.29, 1.82) is 0 Å². The van der Waals surface area contributed by atoms with Gasteiger partial charge in [-0.15, -0.1) is 0 Å². The number of fused-ring (bicyclic) bond motifs is 1. The third-order valence-electron chi connectivity index (χ3n) is 4.84. The number of ketones is 1. The monoisotopic (exact) mass is 458 g/mol. The van der Waals surface area contributed by atoms with Crippen molar-refractivity contribution >= 4 is 33.6 Å². The lowest BCUT2D eigenvalue weighted by Crippen LogP contribution is -2.36. The van der Waals surface area contributed by atoms with E-state index in [9.17, 15) is 27.6 Å². The van der Waals surface area contributed by atoms with Crippen LogP contribution in [0.2, 0.25) is 0 Å². The van der Waals surface area contributed by atoms with Crippen LogP contribution in [-0.4, -0.2) is 56.0 Å². The van der Waals surface area contributed by atoms with E-state index in [4.69, 9.17) is 4.74 Å². The molecule has 3 rings (SSSR count). The Morgan fingerprint density at radius 3 is 2.38 bits per heavy atom. The molecule has 0 bridgehead atoms. The maximum atomic E-state index is 12.5. The van der Waals surface area contributed by atoms with Crippen molar-refractivity contribution in [2.45, 2.75) is 24.7 Å². The van der Waals surface area contributed by atoms with Gasteiger partial charge in [0.15, 0.2) is 12.4 Å². The number of carbonyl (C=O) groups is 4. The third-order valence-corrected chi connectivity index (χ3v) is 6.63. The summed E-state index contributed by atoms with van der Waals surface area (Å²) >= 11 is 0. The molecule has 168 valence electrons. The number of ether oxygens (including phenoxy) is 1. The van der Waals surface area contributed by atoms with E-state index in [-0.39, 0.29) is 16.4 Å². The van der Waals surface area contributed by atoms with Crippen LogP contribution >= 0.6 is 0 Å². The van der Waals surface area contributed by atoms with Gasteiger partial charge in [-0.3, -0.25) is 19.2 Å². The maximum Gasteiger partial charge on any atom is 0.327 e. The number of esters is 1. The molecule has 0 spiro atoms. The number of nitrogens with zero attached hydrogens (tertiary/aromatic N) is 1. The van der Waals surface area contributed by atoms with Crippen molar-refractivity contribution < 1.29 is 32.3 Å². The maximum absolute atomic E-state index is 12.5. The Morgan fingerprint density at radius 1 is 1.03 bits per heavy atom. The number of aryl methyl sites for hydroxylation is 1. The second kappa shape index (κ2) is 9.73. The highest BCUT2D eigenvalue weighted by molar-refractivity contribution is 7.90. The van der Waals surface area contributed by atoms with E-state index in [0.29, 0.717) is 16.4 Å². The fourth-order valence-electron chi connectivity index (χ4n) is 3.19. The van der Waals surface area contributed by atoms with Gasteiger partial charge in [0.05, 0.1) is 5.56 Å². The summed E-state index contributed by atoms with van der Waals surface area (Å²) in [6, 6.07) is 12.4. The van der Waals surface area contributed by atoms with Gasteiger partial charge in [-0.1, -0.05) is 36.4 Å². The lowest BCUT2D eigenvalue weighted by atomic mass is 10.1. The highest BCUT2D eigenvalue weighted by Gasteiger charge is 2.42. The van der Waals surface area contributed by atoms with Crippen molar-refractivity contribution in [3.8, 4) is 0 Å². The first-order chi connectivity index (χ1) is 15.2. The Balaban J connectivity index is 1.50. The fourth-order valence-corrected chi connectivity index (χ4v) is 4.71. The van der Waals surface area contributed by atoms with Crippen LogP contribution in [0.25, 0.3) is 0 Å². The van der Waals surface area contributed by atoms with E-state index in [2.05, 4.69) is 5.32 Å². The molecule has 1 heterocycles. The molecule has 9 nitrogen and oxygen atoms in total. The van der Waals surface area contributed by atoms with Crippen LogP contribution in [0.1, 0.15) is 39.6 Å². The lowest BCUT2D eigenvalue weighted by molar-refractivity contribution is -0.142. The van der Waals surface area contributed by atoms with Crippen molar-refractivity contribution in [2.24, 2.45) is 0 Å². The SMILES string of the molecule is CC(=O)NCCCc1ccc(C(=O)COC(=O)CN2C(=O)c3ccccc3S2(=O)=O)cc1. The molecule has 0 aliphatic carbocycles. The first-order valence-electron chi connectivity index (χ1n) is 9.88. The van der Waals surface area contributed by atoms with E-state index in [0.717, 1.165) is 18.4 Å². The van der Waals surface area contributed by atoms with Gasteiger partial charge in [0.25, 0.3) is 15.9 Å². The Hall–Kier alpha value is -3.53. The number of benzene rings is 2. The molecule has 0 unspecified atom stereocenters. The zero-order valence-electron chi connectivity index (χ0n) is 17.4. The average Bonchev–Trinajstić information content (AvgIpc) is 2.96. The zero-order chi connectivity index (χ0) is 23.3. The molecule has 0 atom stereocenters. The van der Waals surface area contributed by atoms with Crippen molar-refractivity contribution in [3.63, 3.8) is 0 Å². The summed E-state index contributed by atoms with van der Waals surface area (Å²) < 4.78 is 30.3. The van der Waals surface area contributed by atoms with Crippen molar-refractivity contribution in [3.05, 3.63) is 65.2 Å². The summed E-state index contributed by atoms with van der Waals surface area (Å²) in [5, 5.41) is 2.71. The van der Waals surface area contributed by atoms with Crippen LogP contribution in [0.3, 0.4) is 0 Å². The van der Waals surface area contributed by atoms with Crippen molar-refractivity contribution in [2.75, 3.05) is 19.7 Å². The highest BCUT2D eigenvalue weighted by atomic mass is 32.2. The Kier molecular flexibility index (Phi) is 7.04. The van der Waals surface area contributed by atoms with Crippen LogP contribution < -0.4 is 5.32 Å². The number of sulfonamides is 1. The van der Waals surface area contributed by atoms with Crippen molar-refractivity contribution in [1.82, 2.24) is 9.62 Å². The topological polar surface area (TPSA) is 127 Å². The molecule has 2 aromatic rings. The smallest absolute Gasteiger partial charge is 0.327 e. The van der Waals surface area contributed by atoms with E-state index in [1.165, 1.54) is 31.2 Å². The van der Waals surface area contributed by atoms with Gasteiger partial charge in [0.1, 0.15) is 11.4 Å².